The maximum Gasteiger partial charge on any atom is 0.527 e. The molecule has 0 spiro atoms. The molecule has 18 heteroatoms. The number of carbonyl (C=O) groups is 1. The Balaban J connectivity index is 2.32. The summed E-state index contributed by atoms with van der Waals surface area (Å²) in [6.45, 7) is 0. The van der Waals surface area contributed by atoms with Gasteiger partial charge >= 0.3 is 36.5 Å². The number of benzene rings is 2. The van der Waals surface area contributed by atoms with Crippen molar-refractivity contribution >= 4 is 23.2 Å². The molecule has 2 aromatic carbocycles. The molecule has 2 rings (SSSR count). The highest BCUT2D eigenvalue weighted by atomic mass is 35.5. The van der Waals surface area contributed by atoms with Gasteiger partial charge in [-0.3, -0.25) is 4.79 Å². The number of ether oxygens (including phenoxy) is 2. The van der Waals surface area contributed by atoms with Gasteiger partial charge in [0.25, 0.3) is 5.91 Å². The molecule has 0 unspecified atom stereocenters. The predicted molar refractivity (Wildman–Crippen MR) is 97.8 cm³/mol. The Morgan fingerprint density at radius 1 is 0.703 bits per heavy atom. The van der Waals surface area contributed by atoms with Crippen molar-refractivity contribution in [2.75, 3.05) is 5.32 Å². The van der Waals surface area contributed by atoms with Crippen LogP contribution in [-0.2, 0) is 15.4 Å². The molecule has 0 saturated heterocycles. The van der Waals surface area contributed by atoms with Gasteiger partial charge in [0.2, 0.25) is 0 Å². The molecule has 0 aromatic heterocycles. The van der Waals surface area contributed by atoms with Gasteiger partial charge in [-0.25, -0.2) is 9.47 Å². The molecule has 0 aliphatic heterocycles. The van der Waals surface area contributed by atoms with Crippen LogP contribution in [0.2, 0.25) is 5.02 Å². The summed E-state index contributed by atoms with van der Waals surface area (Å²) < 4.78 is 175. The largest absolute Gasteiger partial charge is 0.527 e. The molecule has 1 amide bonds. The number of hydrogen-bond donors (Lipinski definition) is 1. The number of carbonyl (C=O) groups excluding carboxylic acids is 1. The molecule has 206 valence electrons. The molecular weight excluding hydrogens is 573 g/mol. The summed E-state index contributed by atoms with van der Waals surface area (Å²) in [7, 11) is 0. The van der Waals surface area contributed by atoms with Crippen LogP contribution in [0.5, 0.6) is 0 Å². The number of anilines is 1. The molecule has 0 aliphatic carbocycles. The summed E-state index contributed by atoms with van der Waals surface area (Å²) in [4.78, 5) is 12.1. The number of hydrogen-bond acceptors (Lipinski definition) is 3. The minimum Gasteiger partial charge on any atom is -0.322 e. The van der Waals surface area contributed by atoms with Crippen molar-refractivity contribution in [1.82, 2.24) is 0 Å². The Bertz CT molecular complexity index is 1120. The van der Waals surface area contributed by atoms with Gasteiger partial charge in [-0.2, -0.15) is 43.9 Å². The Labute approximate surface area is 201 Å². The van der Waals surface area contributed by atoms with E-state index in [-0.39, 0.29) is 22.7 Å². The minimum atomic E-state index is -7.52. The smallest absolute Gasteiger partial charge is 0.322 e. The standard InChI is InChI=1S/C19H9ClF13NO3/c20-11-6-4-9(5-7-11)13(35)34-12-3-1-2-10(8-12)14(21,22)16(25,26)36-17(27,28)15(23,24)18(29,30)37-19(31,32)33/h1-8H,(H,34,35). The van der Waals surface area contributed by atoms with Crippen LogP contribution in [0.25, 0.3) is 0 Å². The molecule has 37 heavy (non-hydrogen) atoms. The zero-order valence-electron chi connectivity index (χ0n) is 17.1. The van der Waals surface area contributed by atoms with Gasteiger partial charge in [0.1, 0.15) is 0 Å². The number of rotatable bonds is 9. The second-order valence-corrected chi connectivity index (χ2v) is 7.33. The zero-order chi connectivity index (χ0) is 28.7. The second-order valence-electron chi connectivity index (χ2n) is 6.89. The third-order valence-corrected chi connectivity index (χ3v) is 4.44. The van der Waals surface area contributed by atoms with Crippen molar-refractivity contribution in [1.29, 1.82) is 0 Å². The first-order chi connectivity index (χ1) is 16.5. The average Bonchev–Trinajstić information content (AvgIpc) is 2.71. The van der Waals surface area contributed by atoms with E-state index in [0.29, 0.717) is 6.07 Å². The lowest BCUT2D eigenvalue weighted by Crippen LogP contribution is -2.61. The van der Waals surface area contributed by atoms with E-state index in [1.165, 1.54) is 29.0 Å². The van der Waals surface area contributed by atoms with Gasteiger partial charge in [0.05, 0.1) is 0 Å². The van der Waals surface area contributed by atoms with Crippen molar-refractivity contribution in [3.8, 4) is 0 Å². The Morgan fingerprint density at radius 2 is 1.22 bits per heavy atom. The molecule has 0 heterocycles. The number of alkyl halides is 13. The first kappa shape index (κ1) is 30.4. The van der Waals surface area contributed by atoms with Gasteiger partial charge in [-0.1, -0.05) is 23.7 Å². The van der Waals surface area contributed by atoms with Crippen molar-refractivity contribution in [2.24, 2.45) is 0 Å². The summed E-state index contributed by atoms with van der Waals surface area (Å²) in [6.07, 6.45) is -28.0. The lowest BCUT2D eigenvalue weighted by molar-refractivity contribution is -0.535. The van der Waals surface area contributed by atoms with Gasteiger partial charge < -0.3 is 5.32 Å². The highest BCUT2D eigenvalue weighted by Crippen LogP contribution is 2.54. The van der Waals surface area contributed by atoms with Crippen LogP contribution in [0, 0.1) is 0 Å². The number of halogens is 14. The molecule has 0 atom stereocenters. The summed E-state index contributed by atoms with van der Waals surface area (Å²) in [5.41, 5.74) is -2.72. The normalized spacial score (nSPS) is 14.0. The van der Waals surface area contributed by atoms with E-state index in [1.54, 1.807) is 0 Å². The molecular formula is C19H9ClF13NO3. The highest BCUT2D eigenvalue weighted by molar-refractivity contribution is 6.30. The third-order valence-electron chi connectivity index (χ3n) is 4.19. The fourth-order valence-corrected chi connectivity index (χ4v) is 2.56. The van der Waals surface area contributed by atoms with Crippen molar-refractivity contribution < 1.29 is 71.3 Å². The van der Waals surface area contributed by atoms with Crippen molar-refractivity contribution in [3.05, 3.63) is 64.7 Å². The summed E-state index contributed by atoms with van der Waals surface area (Å²) in [5, 5.41) is 2.16. The molecule has 1 N–H and O–H groups in total. The van der Waals surface area contributed by atoms with Crippen molar-refractivity contribution in [2.45, 2.75) is 36.5 Å². The van der Waals surface area contributed by atoms with E-state index in [9.17, 15) is 61.9 Å². The lowest BCUT2D eigenvalue weighted by atomic mass is 10.1. The monoisotopic (exact) mass is 581 g/mol. The Hall–Kier alpha value is -2.79. The average molecular weight is 582 g/mol. The predicted octanol–water partition coefficient (Wildman–Crippen LogP) is 7.65. The summed E-state index contributed by atoms with van der Waals surface area (Å²) in [5.74, 6) is -14.5. The van der Waals surface area contributed by atoms with Crippen LogP contribution < -0.4 is 5.32 Å². The van der Waals surface area contributed by atoms with Crippen LogP contribution in [-0.4, -0.2) is 36.5 Å². The molecule has 2 aromatic rings. The van der Waals surface area contributed by atoms with E-state index in [1.807, 2.05) is 10.1 Å². The van der Waals surface area contributed by atoms with E-state index >= 15 is 0 Å². The maximum atomic E-state index is 14.3. The number of amides is 1. The van der Waals surface area contributed by atoms with Crippen molar-refractivity contribution in [3.63, 3.8) is 0 Å². The number of nitrogens with one attached hydrogen (secondary N) is 1. The fourth-order valence-electron chi connectivity index (χ4n) is 2.43. The first-order valence-electron chi connectivity index (χ1n) is 9.06. The Kier molecular flexibility index (Phi) is 8.08. The van der Waals surface area contributed by atoms with E-state index in [4.69, 9.17) is 11.6 Å². The van der Waals surface area contributed by atoms with Crippen LogP contribution in [0.3, 0.4) is 0 Å². The quantitative estimate of drug-likeness (QED) is 0.310. The fraction of sp³-hybridized carbons (Fsp3) is 0.316. The van der Waals surface area contributed by atoms with Crippen LogP contribution >= 0.6 is 11.6 Å². The summed E-state index contributed by atoms with van der Waals surface area (Å²) >= 11 is 5.62. The maximum absolute atomic E-state index is 14.3. The minimum absolute atomic E-state index is 0.0722. The van der Waals surface area contributed by atoms with Crippen LogP contribution in [0.1, 0.15) is 15.9 Å². The zero-order valence-corrected chi connectivity index (χ0v) is 17.9. The van der Waals surface area contributed by atoms with Crippen LogP contribution in [0.15, 0.2) is 48.5 Å². The Morgan fingerprint density at radius 3 is 1.73 bits per heavy atom. The second kappa shape index (κ2) is 9.83. The molecule has 0 saturated carbocycles. The van der Waals surface area contributed by atoms with E-state index in [0.717, 1.165) is 6.07 Å². The topological polar surface area (TPSA) is 47.6 Å². The van der Waals surface area contributed by atoms with E-state index < -0.39 is 53.7 Å². The van der Waals surface area contributed by atoms with Gasteiger partial charge in [0.15, 0.2) is 0 Å². The third kappa shape index (κ3) is 6.56. The molecule has 4 nitrogen and oxygen atoms in total. The van der Waals surface area contributed by atoms with Gasteiger partial charge in [0, 0.05) is 21.8 Å². The molecule has 0 bridgehead atoms. The molecule has 0 radical (unpaired) electrons. The lowest BCUT2D eigenvalue weighted by Gasteiger charge is -2.35. The SMILES string of the molecule is O=C(Nc1cccc(C(F)(F)C(F)(F)OC(F)(F)C(F)(F)C(F)(F)OC(F)(F)F)c1)c1ccc(Cl)cc1. The molecule has 0 fully saturated rings. The van der Waals surface area contributed by atoms with Crippen LogP contribution in [0.4, 0.5) is 62.8 Å². The van der Waals surface area contributed by atoms with Gasteiger partial charge in [-0.05, 0) is 36.4 Å². The summed E-state index contributed by atoms with van der Waals surface area (Å²) in [6, 6.07) is 6.46. The highest BCUT2D eigenvalue weighted by Gasteiger charge is 2.80. The van der Waals surface area contributed by atoms with Gasteiger partial charge in [-0.15, -0.1) is 13.2 Å². The first-order valence-corrected chi connectivity index (χ1v) is 9.44. The van der Waals surface area contributed by atoms with E-state index in [2.05, 4.69) is 0 Å². The molecule has 0 aliphatic rings.